The van der Waals surface area contributed by atoms with Gasteiger partial charge in [0.25, 0.3) is 0 Å². The van der Waals surface area contributed by atoms with Gasteiger partial charge in [-0.25, -0.2) is 0 Å². The summed E-state index contributed by atoms with van der Waals surface area (Å²) < 4.78 is 10.6. The van der Waals surface area contributed by atoms with Crippen molar-refractivity contribution in [1.82, 2.24) is 10.2 Å². The molecule has 1 atom stereocenters. The van der Waals surface area contributed by atoms with Gasteiger partial charge in [0.15, 0.2) is 0 Å². The smallest absolute Gasteiger partial charge is 0.224 e. The van der Waals surface area contributed by atoms with E-state index in [0.717, 1.165) is 35.7 Å². The van der Waals surface area contributed by atoms with Crippen LogP contribution in [0.5, 0.6) is 11.5 Å². The Morgan fingerprint density at radius 3 is 2.26 bits per heavy atom. The first-order chi connectivity index (χ1) is 13.1. The second-order valence-electron chi connectivity index (χ2n) is 6.35. The summed E-state index contributed by atoms with van der Waals surface area (Å²) in [7, 11) is 3.30. The van der Waals surface area contributed by atoms with E-state index in [0.29, 0.717) is 13.0 Å². The predicted molar refractivity (Wildman–Crippen MR) is 108 cm³/mol. The highest BCUT2D eigenvalue weighted by Gasteiger charge is 2.19. The van der Waals surface area contributed by atoms with Crippen LogP contribution in [0.3, 0.4) is 0 Å². The lowest BCUT2D eigenvalue weighted by Gasteiger charge is -2.30. The molecule has 1 unspecified atom stereocenters. The predicted octanol–water partition coefficient (Wildman–Crippen LogP) is 3.45. The zero-order valence-electron chi connectivity index (χ0n) is 16.7. The van der Waals surface area contributed by atoms with Gasteiger partial charge in [0.2, 0.25) is 5.91 Å². The van der Waals surface area contributed by atoms with Crippen molar-refractivity contribution in [2.75, 3.05) is 33.9 Å². The maximum Gasteiger partial charge on any atom is 0.224 e. The standard InChI is InChI=1S/C22H30N2O3/c1-5-24(6-2)21(18-10-8-12-20(15-18)27-4)16-23-22(25)14-17-9-7-11-19(13-17)26-3/h7-13,15,21H,5-6,14,16H2,1-4H3,(H,23,25). The van der Waals surface area contributed by atoms with Gasteiger partial charge < -0.3 is 14.8 Å². The van der Waals surface area contributed by atoms with Crippen LogP contribution in [0, 0.1) is 0 Å². The second kappa shape index (κ2) is 10.6. The summed E-state index contributed by atoms with van der Waals surface area (Å²) in [4.78, 5) is 14.8. The number of benzene rings is 2. The molecule has 1 amide bonds. The van der Waals surface area contributed by atoms with Gasteiger partial charge in [-0.15, -0.1) is 0 Å². The molecule has 2 aromatic carbocycles. The van der Waals surface area contributed by atoms with E-state index in [1.807, 2.05) is 42.5 Å². The summed E-state index contributed by atoms with van der Waals surface area (Å²) in [6, 6.07) is 15.8. The molecular formula is C22H30N2O3. The monoisotopic (exact) mass is 370 g/mol. The number of methoxy groups -OCH3 is 2. The van der Waals surface area contributed by atoms with Crippen LogP contribution in [0.25, 0.3) is 0 Å². The fourth-order valence-electron chi connectivity index (χ4n) is 3.21. The summed E-state index contributed by atoms with van der Waals surface area (Å²) >= 11 is 0. The van der Waals surface area contributed by atoms with Crippen molar-refractivity contribution in [3.63, 3.8) is 0 Å². The molecule has 0 bridgehead atoms. The first kappa shape index (κ1) is 20.8. The number of rotatable bonds is 10. The molecule has 5 heteroatoms. The topological polar surface area (TPSA) is 50.8 Å². The highest BCUT2D eigenvalue weighted by Crippen LogP contribution is 2.24. The molecule has 2 rings (SSSR count). The van der Waals surface area contributed by atoms with Crippen LogP contribution in [0.15, 0.2) is 48.5 Å². The lowest BCUT2D eigenvalue weighted by atomic mass is 10.0. The van der Waals surface area contributed by atoms with E-state index in [1.54, 1.807) is 14.2 Å². The minimum Gasteiger partial charge on any atom is -0.497 e. The van der Waals surface area contributed by atoms with Crippen molar-refractivity contribution in [1.29, 1.82) is 0 Å². The highest BCUT2D eigenvalue weighted by atomic mass is 16.5. The molecule has 0 fully saturated rings. The molecule has 1 N–H and O–H groups in total. The lowest BCUT2D eigenvalue weighted by Crippen LogP contribution is -2.38. The van der Waals surface area contributed by atoms with Gasteiger partial charge in [-0.3, -0.25) is 9.69 Å². The van der Waals surface area contributed by atoms with E-state index in [9.17, 15) is 4.79 Å². The van der Waals surface area contributed by atoms with Gasteiger partial charge in [-0.2, -0.15) is 0 Å². The number of nitrogens with zero attached hydrogens (tertiary/aromatic N) is 1. The molecule has 0 aromatic heterocycles. The van der Waals surface area contributed by atoms with E-state index >= 15 is 0 Å². The van der Waals surface area contributed by atoms with Gasteiger partial charge in [-0.1, -0.05) is 38.1 Å². The highest BCUT2D eigenvalue weighted by molar-refractivity contribution is 5.78. The van der Waals surface area contributed by atoms with Crippen LogP contribution in [0.4, 0.5) is 0 Å². The quantitative estimate of drug-likeness (QED) is 0.696. The maximum absolute atomic E-state index is 12.5. The Bertz CT molecular complexity index is 729. The largest absolute Gasteiger partial charge is 0.497 e. The Kier molecular flexibility index (Phi) is 8.14. The Hall–Kier alpha value is -2.53. The first-order valence-corrected chi connectivity index (χ1v) is 9.38. The molecule has 0 heterocycles. The van der Waals surface area contributed by atoms with E-state index < -0.39 is 0 Å². The fourth-order valence-corrected chi connectivity index (χ4v) is 3.21. The molecule has 2 aromatic rings. The van der Waals surface area contributed by atoms with Gasteiger partial charge >= 0.3 is 0 Å². The minimum absolute atomic E-state index is 0.00306. The fraction of sp³-hybridized carbons (Fsp3) is 0.409. The first-order valence-electron chi connectivity index (χ1n) is 9.38. The van der Waals surface area contributed by atoms with Gasteiger partial charge in [0.1, 0.15) is 11.5 Å². The van der Waals surface area contributed by atoms with Crippen LogP contribution >= 0.6 is 0 Å². The zero-order valence-corrected chi connectivity index (χ0v) is 16.7. The molecule has 0 aliphatic heterocycles. The average molecular weight is 370 g/mol. The third kappa shape index (κ3) is 6.00. The molecular weight excluding hydrogens is 340 g/mol. The van der Waals surface area contributed by atoms with Crippen LogP contribution in [-0.2, 0) is 11.2 Å². The van der Waals surface area contributed by atoms with Crippen LogP contribution < -0.4 is 14.8 Å². The second-order valence-corrected chi connectivity index (χ2v) is 6.35. The molecule has 0 radical (unpaired) electrons. The van der Waals surface area contributed by atoms with Crippen molar-refractivity contribution >= 4 is 5.91 Å². The Labute approximate surface area is 162 Å². The third-order valence-corrected chi connectivity index (χ3v) is 4.72. The lowest BCUT2D eigenvalue weighted by molar-refractivity contribution is -0.120. The number of carbonyl (C=O) groups excluding carboxylic acids is 1. The normalized spacial score (nSPS) is 11.9. The Morgan fingerprint density at radius 1 is 1.00 bits per heavy atom. The molecule has 0 aliphatic carbocycles. The van der Waals surface area contributed by atoms with Crippen LogP contribution in [-0.4, -0.2) is 44.7 Å². The Balaban J connectivity index is 2.07. The molecule has 0 saturated heterocycles. The number of amides is 1. The van der Waals surface area contributed by atoms with E-state index in [1.165, 1.54) is 0 Å². The third-order valence-electron chi connectivity index (χ3n) is 4.72. The molecule has 0 spiro atoms. The summed E-state index contributed by atoms with van der Waals surface area (Å²) in [5.74, 6) is 1.59. The van der Waals surface area contributed by atoms with Gasteiger partial charge in [-0.05, 0) is 48.5 Å². The van der Waals surface area contributed by atoms with Crippen molar-refractivity contribution in [2.24, 2.45) is 0 Å². The molecule has 27 heavy (non-hydrogen) atoms. The van der Waals surface area contributed by atoms with Crippen molar-refractivity contribution < 1.29 is 14.3 Å². The molecule has 0 saturated carbocycles. The van der Waals surface area contributed by atoms with Crippen LogP contribution in [0.1, 0.15) is 31.0 Å². The van der Waals surface area contributed by atoms with Gasteiger partial charge in [0.05, 0.1) is 26.7 Å². The summed E-state index contributed by atoms with van der Waals surface area (Å²) in [6.45, 7) is 6.63. The van der Waals surface area contributed by atoms with E-state index in [2.05, 4.69) is 30.1 Å². The number of nitrogens with one attached hydrogen (secondary N) is 1. The van der Waals surface area contributed by atoms with Crippen LogP contribution in [0.2, 0.25) is 0 Å². The number of hydrogen-bond acceptors (Lipinski definition) is 4. The minimum atomic E-state index is 0.00306. The van der Waals surface area contributed by atoms with E-state index in [-0.39, 0.29) is 11.9 Å². The summed E-state index contributed by atoms with van der Waals surface area (Å²) in [6.07, 6.45) is 0.334. The SMILES string of the molecule is CCN(CC)C(CNC(=O)Cc1cccc(OC)c1)c1cccc(OC)c1. The number of hydrogen-bond donors (Lipinski definition) is 1. The van der Waals surface area contributed by atoms with Crippen molar-refractivity contribution in [3.05, 3.63) is 59.7 Å². The van der Waals surface area contributed by atoms with E-state index in [4.69, 9.17) is 9.47 Å². The number of likely N-dealkylation sites (N-methyl/N-ethyl adjacent to an activating group) is 1. The summed E-state index contributed by atoms with van der Waals surface area (Å²) in [5.41, 5.74) is 2.08. The molecule has 0 aliphatic rings. The zero-order chi connectivity index (χ0) is 19.6. The van der Waals surface area contributed by atoms with Gasteiger partial charge in [0, 0.05) is 6.54 Å². The average Bonchev–Trinajstić information content (AvgIpc) is 2.71. The maximum atomic E-state index is 12.5. The molecule has 146 valence electrons. The summed E-state index contributed by atoms with van der Waals surface area (Å²) in [5, 5.41) is 3.09. The number of carbonyl (C=O) groups is 1. The number of ether oxygens (including phenoxy) is 2. The van der Waals surface area contributed by atoms with Crippen molar-refractivity contribution in [2.45, 2.75) is 26.3 Å². The van der Waals surface area contributed by atoms with Crippen molar-refractivity contribution in [3.8, 4) is 11.5 Å². The molecule has 5 nitrogen and oxygen atoms in total. The Morgan fingerprint density at radius 2 is 1.63 bits per heavy atom.